The Morgan fingerprint density at radius 2 is 1.84 bits per heavy atom. The van der Waals surface area contributed by atoms with Crippen molar-refractivity contribution in [3.8, 4) is 0 Å². The van der Waals surface area contributed by atoms with Gasteiger partial charge in [-0.15, -0.1) is 0 Å². The van der Waals surface area contributed by atoms with Crippen LogP contribution in [0.15, 0.2) is 24.3 Å². The molecule has 25 heavy (non-hydrogen) atoms. The highest BCUT2D eigenvalue weighted by Gasteiger charge is 2.28. The first-order chi connectivity index (χ1) is 12.1. The van der Waals surface area contributed by atoms with E-state index in [4.69, 9.17) is 0 Å². The topological polar surface area (TPSA) is 47.6 Å². The molecule has 5 heteroatoms. The van der Waals surface area contributed by atoms with Crippen molar-refractivity contribution in [2.75, 3.05) is 45.1 Å². The van der Waals surface area contributed by atoms with Crippen LogP contribution in [0.2, 0.25) is 0 Å². The van der Waals surface area contributed by atoms with E-state index in [1.807, 2.05) is 31.2 Å². The molecule has 0 aromatic heterocycles. The SMILES string of the molecule is Cc1ccc(NC(=O)NC[C@@H]2CCCN(C3CCN(C)CC3)C2)cc1. The lowest BCUT2D eigenvalue weighted by molar-refractivity contribution is 0.0792. The Morgan fingerprint density at radius 1 is 1.12 bits per heavy atom. The highest BCUT2D eigenvalue weighted by atomic mass is 16.2. The van der Waals surface area contributed by atoms with Crippen molar-refractivity contribution in [2.24, 2.45) is 5.92 Å². The van der Waals surface area contributed by atoms with Gasteiger partial charge in [0, 0.05) is 24.8 Å². The molecule has 2 saturated heterocycles. The fraction of sp³-hybridized carbons (Fsp3) is 0.650. The van der Waals surface area contributed by atoms with Gasteiger partial charge in [-0.05, 0) is 77.3 Å². The number of aryl methyl sites for hydroxylation is 1. The van der Waals surface area contributed by atoms with Gasteiger partial charge < -0.3 is 15.5 Å². The van der Waals surface area contributed by atoms with Crippen LogP contribution in [-0.4, -0.2) is 61.6 Å². The number of benzene rings is 1. The second-order valence-corrected chi connectivity index (χ2v) is 7.74. The van der Waals surface area contributed by atoms with Crippen LogP contribution in [-0.2, 0) is 0 Å². The molecule has 2 aliphatic heterocycles. The molecule has 5 nitrogen and oxygen atoms in total. The molecule has 2 fully saturated rings. The summed E-state index contributed by atoms with van der Waals surface area (Å²) in [5.74, 6) is 0.567. The van der Waals surface area contributed by atoms with Crippen molar-refractivity contribution < 1.29 is 4.79 Å². The maximum Gasteiger partial charge on any atom is 0.319 e. The molecule has 3 rings (SSSR count). The van der Waals surface area contributed by atoms with Gasteiger partial charge in [0.15, 0.2) is 0 Å². The molecule has 0 saturated carbocycles. The van der Waals surface area contributed by atoms with Gasteiger partial charge in [-0.2, -0.15) is 0 Å². The van der Waals surface area contributed by atoms with Gasteiger partial charge >= 0.3 is 6.03 Å². The number of nitrogens with one attached hydrogen (secondary N) is 2. The monoisotopic (exact) mass is 344 g/mol. The van der Waals surface area contributed by atoms with Gasteiger partial charge in [0.05, 0.1) is 0 Å². The summed E-state index contributed by atoms with van der Waals surface area (Å²) in [6.45, 7) is 7.58. The lowest BCUT2D eigenvalue weighted by Crippen LogP contribution is -2.49. The lowest BCUT2D eigenvalue weighted by Gasteiger charge is -2.41. The van der Waals surface area contributed by atoms with Gasteiger partial charge in [0.25, 0.3) is 0 Å². The number of rotatable bonds is 4. The highest BCUT2D eigenvalue weighted by Crippen LogP contribution is 2.23. The Kier molecular flexibility index (Phi) is 6.32. The normalized spacial score (nSPS) is 23.4. The molecule has 138 valence electrons. The average molecular weight is 345 g/mol. The fourth-order valence-corrected chi connectivity index (χ4v) is 4.00. The van der Waals surface area contributed by atoms with Gasteiger partial charge in [-0.25, -0.2) is 4.79 Å². The van der Waals surface area contributed by atoms with E-state index in [9.17, 15) is 4.79 Å². The Bertz CT molecular complexity index is 551. The molecule has 2 N–H and O–H groups in total. The first kappa shape index (κ1) is 18.2. The van der Waals surface area contributed by atoms with Crippen molar-refractivity contribution in [3.05, 3.63) is 29.8 Å². The van der Waals surface area contributed by atoms with E-state index in [0.717, 1.165) is 24.8 Å². The van der Waals surface area contributed by atoms with Gasteiger partial charge in [0.1, 0.15) is 0 Å². The van der Waals surface area contributed by atoms with Crippen molar-refractivity contribution in [2.45, 2.75) is 38.6 Å². The number of hydrogen-bond acceptors (Lipinski definition) is 3. The Hall–Kier alpha value is -1.59. The molecule has 2 heterocycles. The summed E-state index contributed by atoms with van der Waals surface area (Å²) in [5, 5.41) is 5.98. The average Bonchev–Trinajstić information content (AvgIpc) is 2.63. The summed E-state index contributed by atoms with van der Waals surface area (Å²) in [5.41, 5.74) is 2.04. The molecule has 1 aromatic carbocycles. The minimum atomic E-state index is -0.0970. The number of carbonyl (C=O) groups excluding carboxylic acids is 1. The molecule has 1 atom stereocenters. The maximum absolute atomic E-state index is 12.1. The molecule has 0 radical (unpaired) electrons. The zero-order valence-corrected chi connectivity index (χ0v) is 15.6. The van der Waals surface area contributed by atoms with Crippen molar-refractivity contribution in [1.82, 2.24) is 15.1 Å². The van der Waals surface area contributed by atoms with E-state index in [0.29, 0.717) is 5.92 Å². The summed E-state index contributed by atoms with van der Waals surface area (Å²) in [6, 6.07) is 8.54. The van der Waals surface area contributed by atoms with Crippen LogP contribution in [0.5, 0.6) is 0 Å². The quantitative estimate of drug-likeness (QED) is 0.883. The van der Waals surface area contributed by atoms with E-state index in [1.54, 1.807) is 0 Å². The highest BCUT2D eigenvalue weighted by molar-refractivity contribution is 5.89. The predicted molar refractivity (Wildman–Crippen MR) is 103 cm³/mol. The maximum atomic E-state index is 12.1. The number of carbonyl (C=O) groups is 1. The number of hydrogen-bond donors (Lipinski definition) is 2. The third-order valence-electron chi connectivity index (χ3n) is 5.62. The minimum absolute atomic E-state index is 0.0970. The number of nitrogens with zero attached hydrogens (tertiary/aromatic N) is 2. The van der Waals surface area contributed by atoms with E-state index < -0.39 is 0 Å². The predicted octanol–water partition coefficient (Wildman–Crippen LogP) is 2.92. The van der Waals surface area contributed by atoms with Crippen LogP contribution in [0.3, 0.4) is 0 Å². The van der Waals surface area contributed by atoms with E-state index in [-0.39, 0.29) is 6.03 Å². The number of piperidine rings is 2. The Morgan fingerprint density at radius 3 is 2.56 bits per heavy atom. The molecule has 0 unspecified atom stereocenters. The van der Waals surface area contributed by atoms with Crippen molar-refractivity contribution in [3.63, 3.8) is 0 Å². The van der Waals surface area contributed by atoms with Crippen LogP contribution in [0, 0.1) is 12.8 Å². The minimum Gasteiger partial charge on any atom is -0.338 e. The fourth-order valence-electron chi connectivity index (χ4n) is 4.00. The van der Waals surface area contributed by atoms with Crippen LogP contribution in [0.25, 0.3) is 0 Å². The largest absolute Gasteiger partial charge is 0.338 e. The second-order valence-electron chi connectivity index (χ2n) is 7.74. The molecule has 2 amide bonds. The first-order valence-electron chi connectivity index (χ1n) is 9.64. The first-order valence-corrected chi connectivity index (χ1v) is 9.64. The Labute approximate surface area is 151 Å². The smallest absolute Gasteiger partial charge is 0.319 e. The van der Waals surface area contributed by atoms with Crippen LogP contribution >= 0.6 is 0 Å². The molecule has 1 aromatic rings. The molecule has 2 aliphatic rings. The van der Waals surface area contributed by atoms with E-state index in [1.165, 1.54) is 50.9 Å². The van der Waals surface area contributed by atoms with Gasteiger partial charge in [-0.1, -0.05) is 17.7 Å². The summed E-state index contributed by atoms with van der Waals surface area (Å²) in [7, 11) is 2.21. The Balaban J connectivity index is 1.41. The number of amides is 2. The second kappa shape index (κ2) is 8.68. The van der Waals surface area contributed by atoms with Gasteiger partial charge in [0.2, 0.25) is 0 Å². The number of urea groups is 1. The third kappa shape index (κ3) is 5.44. The lowest BCUT2D eigenvalue weighted by atomic mass is 9.94. The van der Waals surface area contributed by atoms with Crippen LogP contribution < -0.4 is 10.6 Å². The van der Waals surface area contributed by atoms with Crippen molar-refractivity contribution in [1.29, 1.82) is 0 Å². The molecule has 0 bridgehead atoms. The molecular weight excluding hydrogens is 312 g/mol. The summed E-state index contributed by atoms with van der Waals surface area (Å²) < 4.78 is 0. The standard InChI is InChI=1S/C20H32N4O/c1-16-5-7-18(8-6-16)22-20(25)21-14-17-4-3-11-24(15-17)19-9-12-23(2)13-10-19/h5-8,17,19H,3-4,9-15H2,1-2H3,(H2,21,22,25)/t17-/m0/s1. The molecule has 0 spiro atoms. The van der Waals surface area contributed by atoms with Crippen LogP contribution in [0.1, 0.15) is 31.2 Å². The summed E-state index contributed by atoms with van der Waals surface area (Å²) in [6.07, 6.45) is 5.03. The van der Waals surface area contributed by atoms with E-state index >= 15 is 0 Å². The van der Waals surface area contributed by atoms with Crippen molar-refractivity contribution >= 4 is 11.7 Å². The zero-order chi connectivity index (χ0) is 17.6. The molecular formula is C20H32N4O. The van der Waals surface area contributed by atoms with Crippen LogP contribution in [0.4, 0.5) is 10.5 Å². The molecule has 0 aliphatic carbocycles. The number of likely N-dealkylation sites (tertiary alicyclic amines) is 2. The van der Waals surface area contributed by atoms with E-state index in [2.05, 4.69) is 27.5 Å². The third-order valence-corrected chi connectivity index (χ3v) is 5.62. The zero-order valence-electron chi connectivity index (χ0n) is 15.6. The number of anilines is 1. The van der Waals surface area contributed by atoms with Gasteiger partial charge in [-0.3, -0.25) is 4.90 Å². The summed E-state index contributed by atoms with van der Waals surface area (Å²) >= 11 is 0. The summed E-state index contributed by atoms with van der Waals surface area (Å²) in [4.78, 5) is 17.2.